The predicted molar refractivity (Wildman–Crippen MR) is 58.6 cm³/mol. The van der Waals surface area contributed by atoms with Crippen LogP contribution in [0.3, 0.4) is 0 Å². The molecule has 1 saturated heterocycles. The maximum atomic E-state index is 4.50. The number of rotatable bonds is 1. The van der Waals surface area contributed by atoms with Crippen molar-refractivity contribution in [2.24, 2.45) is 0 Å². The van der Waals surface area contributed by atoms with E-state index in [1.165, 1.54) is 12.1 Å². The van der Waals surface area contributed by atoms with Crippen LogP contribution in [-0.4, -0.2) is 24.1 Å². The van der Waals surface area contributed by atoms with Crippen molar-refractivity contribution in [1.82, 2.24) is 4.98 Å². The summed E-state index contributed by atoms with van der Waals surface area (Å²) < 4.78 is 0. The van der Waals surface area contributed by atoms with Gasteiger partial charge < -0.3 is 10.2 Å². The molecule has 0 spiro atoms. The number of aromatic nitrogens is 1. The second-order valence-corrected chi connectivity index (χ2v) is 3.88. The summed E-state index contributed by atoms with van der Waals surface area (Å²) in [6.07, 6.45) is 3.01. The van der Waals surface area contributed by atoms with Crippen molar-refractivity contribution in [3.05, 3.63) is 24.4 Å². The number of fused-ring (bicyclic) bond motifs is 4. The summed E-state index contributed by atoms with van der Waals surface area (Å²) in [5.74, 6) is 1.02. The molecule has 0 unspecified atom stereocenters. The zero-order valence-corrected chi connectivity index (χ0v) is 8.03. The van der Waals surface area contributed by atoms with Gasteiger partial charge in [0.25, 0.3) is 0 Å². The molecule has 1 atom stereocenters. The van der Waals surface area contributed by atoms with Crippen LogP contribution >= 0.6 is 0 Å². The first-order valence-electron chi connectivity index (χ1n) is 5.02. The molecule has 3 heterocycles. The minimum absolute atomic E-state index is 0.593. The Bertz CT molecular complexity index is 386. The van der Waals surface area contributed by atoms with E-state index in [9.17, 15) is 0 Å². The molecule has 0 amide bonds. The van der Waals surface area contributed by atoms with Gasteiger partial charge in [-0.25, -0.2) is 4.98 Å². The molecule has 1 N–H and O–H groups in total. The second kappa shape index (κ2) is 2.74. The average molecular weight is 187 g/mol. The molecule has 1 fully saturated rings. The highest BCUT2D eigenvalue weighted by Gasteiger charge is 2.30. The highest BCUT2D eigenvalue weighted by Crippen LogP contribution is 2.33. The topological polar surface area (TPSA) is 28.2 Å². The van der Waals surface area contributed by atoms with Gasteiger partial charge in [0.1, 0.15) is 0 Å². The van der Waals surface area contributed by atoms with Crippen molar-refractivity contribution < 1.29 is 0 Å². The minimum Gasteiger partial charge on any atom is -0.366 e. The van der Waals surface area contributed by atoms with Crippen molar-refractivity contribution in [2.75, 3.05) is 23.3 Å². The molecule has 0 aliphatic carbocycles. The summed E-state index contributed by atoms with van der Waals surface area (Å²) in [6.45, 7) is 6.01. The molecular formula is C11H13N3. The Morgan fingerprint density at radius 1 is 1.57 bits per heavy atom. The summed E-state index contributed by atoms with van der Waals surface area (Å²) in [6, 6.07) is 4.75. The van der Waals surface area contributed by atoms with Crippen molar-refractivity contribution in [1.29, 1.82) is 0 Å². The zero-order valence-electron chi connectivity index (χ0n) is 8.03. The van der Waals surface area contributed by atoms with E-state index in [-0.39, 0.29) is 0 Å². The van der Waals surface area contributed by atoms with Gasteiger partial charge in [0.2, 0.25) is 0 Å². The molecular weight excluding hydrogens is 174 g/mol. The Balaban J connectivity index is 2.09. The molecule has 72 valence electrons. The molecule has 0 saturated carbocycles. The molecule has 1 aromatic heterocycles. The van der Waals surface area contributed by atoms with Crippen LogP contribution in [0.4, 0.5) is 11.5 Å². The van der Waals surface area contributed by atoms with E-state index < -0.39 is 0 Å². The Morgan fingerprint density at radius 2 is 2.50 bits per heavy atom. The van der Waals surface area contributed by atoms with Gasteiger partial charge in [0.05, 0.1) is 11.4 Å². The molecule has 0 aromatic carbocycles. The van der Waals surface area contributed by atoms with Crippen LogP contribution in [0, 0.1) is 0 Å². The summed E-state index contributed by atoms with van der Waals surface area (Å²) in [4.78, 5) is 6.90. The van der Waals surface area contributed by atoms with Crippen molar-refractivity contribution >= 4 is 17.6 Å². The number of nitrogens with one attached hydrogen (secondary N) is 1. The highest BCUT2D eigenvalue weighted by atomic mass is 15.3. The van der Waals surface area contributed by atoms with Crippen LogP contribution in [0.1, 0.15) is 12.1 Å². The lowest BCUT2D eigenvalue weighted by Gasteiger charge is -2.27. The number of pyridine rings is 1. The molecule has 14 heavy (non-hydrogen) atoms. The van der Waals surface area contributed by atoms with E-state index in [2.05, 4.69) is 27.8 Å². The first-order valence-corrected chi connectivity index (χ1v) is 5.02. The average Bonchev–Trinajstić information content (AvgIpc) is 2.61. The van der Waals surface area contributed by atoms with E-state index in [4.69, 9.17) is 0 Å². The summed E-state index contributed by atoms with van der Waals surface area (Å²) in [5.41, 5.74) is 2.18. The molecule has 2 aliphatic heterocycles. The number of hydrogen-bond donors (Lipinski definition) is 1. The fourth-order valence-electron chi connectivity index (χ4n) is 2.23. The molecule has 3 rings (SSSR count). The van der Waals surface area contributed by atoms with Gasteiger partial charge in [-0.2, -0.15) is 0 Å². The van der Waals surface area contributed by atoms with Crippen LogP contribution in [0.2, 0.25) is 0 Å². The van der Waals surface area contributed by atoms with E-state index in [1.54, 1.807) is 6.08 Å². The molecule has 3 heteroatoms. The first kappa shape index (κ1) is 7.85. The Morgan fingerprint density at radius 3 is 3.36 bits per heavy atom. The maximum absolute atomic E-state index is 4.50. The molecule has 3 nitrogen and oxygen atoms in total. The van der Waals surface area contributed by atoms with E-state index in [0.29, 0.717) is 6.04 Å². The van der Waals surface area contributed by atoms with E-state index in [1.807, 2.05) is 6.07 Å². The normalized spacial score (nSPS) is 22.9. The van der Waals surface area contributed by atoms with E-state index >= 15 is 0 Å². The summed E-state index contributed by atoms with van der Waals surface area (Å²) in [7, 11) is 0. The zero-order chi connectivity index (χ0) is 9.54. The number of anilines is 2. The van der Waals surface area contributed by atoms with Crippen molar-refractivity contribution in [2.45, 2.75) is 12.5 Å². The summed E-state index contributed by atoms with van der Waals surface area (Å²) in [5, 5.41) is 3.46. The van der Waals surface area contributed by atoms with E-state index in [0.717, 1.165) is 24.6 Å². The van der Waals surface area contributed by atoms with Crippen molar-refractivity contribution in [3.63, 3.8) is 0 Å². The number of hydrogen-bond acceptors (Lipinski definition) is 3. The monoisotopic (exact) mass is 187 g/mol. The standard InChI is InChI=1S/C11H13N3/c1-2-8-3-4-10-11(12-8)13-9-5-6-14(10)7-9/h2-4,9H,1,5-7H2,(H,12,13)/t9-/m0/s1. The van der Waals surface area contributed by atoms with Crippen LogP contribution in [0.5, 0.6) is 0 Å². The third-order valence-electron chi connectivity index (χ3n) is 2.97. The lowest BCUT2D eigenvalue weighted by atomic mass is 10.2. The summed E-state index contributed by atoms with van der Waals surface area (Å²) >= 11 is 0. The van der Waals surface area contributed by atoms with Gasteiger partial charge >= 0.3 is 0 Å². The lowest BCUT2D eigenvalue weighted by molar-refractivity contribution is 0.787. The first-order chi connectivity index (χ1) is 6.86. The fourth-order valence-corrected chi connectivity index (χ4v) is 2.23. The van der Waals surface area contributed by atoms with Gasteiger partial charge in [-0.15, -0.1) is 0 Å². The Kier molecular flexibility index (Phi) is 1.54. The van der Waals surface area contributed by atoms with Gasteiger partial charge in [-0.1, -0.05) is 6.58 Å². The smallest absolute Gasteiger partial charge is 0.150 e. The van der Waals surface area contributed by atoms with Gasteiger partial charge in [-0.3, -0.25) is 0 Å². The van der Waals surface area contributed by atoms with Gasteiger partial charge in [0.15, 0.2) is 5.82 Å². The molecule has 0 radical (unpaired) electrons. The van der Waals surface area contributed by atoms with Crippen molar-refractivity contribution in [3.8, 4) is 0 Å². The molecule has 2 aliphatic rings. The van der Waals surface area contributed by atoms with Gasteiger partial charge in [0, 0.05) is 19.1 Å². The quantitative estimate of drug-likeness (QED) is 0.725. The van der Waals surface area contributed by atoms with Gasteiger partial charge in [-0.05, 0) is 24.6 Å². The fraction of sp³-hybridized carbons (Fsp3) is 0.364. The maximum Gasteiger partial charge on any atom is 0.150 e. The third kappa shape index (κ3) is 1.02. The van der Waals surface area contributed by atoms with Crippen LogP contribution in [0.15, 0.2) is 18.7 Å². The lowest BCUT2D eigenvalue weighted by Crippen LogP contribution is -2.32. The molecule has 2 bridgehead atoms. The minimum atomic E-state index is 0.593. The van der Waals surface area contributed by atoms with Crippen LogP contribution in [0.25, 0.3) is 6.08 Å². The third-order valence-corrected chi connectivity index (χ3v) is 2.97. The number of nitrogens with zero attached hydrogens (tertiary/aromatic N) is 2. The Hall–Kier alpha value is -1.51. The highest BCUT2D eigenvalue weighted by molar-refractivity contribution is 5.71. The largest absolute Gasteiger partial charge is 0.366 e. The SMILES string of the molecule is C=Cc1ccc2c(n1)N[C@H]1CCN2C1. The Labute approximate surface area is 83.4 Å². The second-order valence-electron chi connectivity index (χ2n) is 3.88. The van der Waals surface area contributed by atoms with Crippen LogP contribution < -0.4 is 10.2 Å². The molecule has 1 aromatic rings. The predicted octanol–water partition coefficient (Wildman–Crippen LogP) is 1.73. The van der Waals surface area contributed by atoms with Crippen LogP contribution in [-0.2, 0) is 0 Å².